The Hall–Kier alpha value is -1.62. The number of benzene rings is 1. The number of aromatic nitrogens is 3. The Bertz CT molecular complexity index is 844. The molecule has 0 bridgehead atoms. The van der Waals surface area contributed by atoms with Gasteiger partial charge in [-0.25, -0.2) is 0 Å². The van der Waals surface area contributed by atoms with E-state index >= 15 is 0 Å². The largest absolute Gasteiger partial charge is 0.344 e. The molecule has 0 amide bonds. The third-order valence-corrected chi connectivity index (χ3v) is 5.91. The van der Waals surface area contributed by atoms with E-state index in [0.717, 1.165) is 57.5 Å². The molecular weight excluding hydrogens is 461 g/mol. The van der Waals surface area contributed by atoms with E-state index in [0.29, 0.717) is 27.9 Å². The lowest BCUT2D eigenvalue weighted by molar-refractivity contribution is 0.498. The molecule has 1 unspecified atom stereocenters. The van der Waals surface area contributed by atoms with Gasteiger partial charge < -0.3 is 33.2 Å². The molecule has 2 fully saturated rings. The summed E-state index contributed by atoms with van der Waals surface area (Å²) in [4.78, 5) is 18.5. The van der Waals surface area contributed by atoms with Crippen LogP contribution in [-0.4, -0.2) is 47.2 Å². The van der Waals surface area contributed by atoms with Crippen LogP contribution in [0.5, 0.6) is 0 Å². The average Bonchev–Trinajstić information content (AvgIpc) is 2.71. The number of nitrogens with two attached hydrogens (primary N) is 1. The number of anilines is 4. The number of nitrogens with zero attached hydrogens (tertiary/aromatic N) is 5. The van der Waals surface area contributed by atoms with Crippen molar-refractivity contribution in [1.82, 2.24) is 27.3 Å². The summed E-state index contributed by atoms with van der Waals surface area (Å²) in [6.07, 6.45) is 5.65. The minimum absolute atomic E-state index is 0. The maximum Gasteiger partial charge on any atom is 0.233 e. The van der Waals surface area contributed by atoms with Gasteiger partial charge >= 0.3 is 0 Å². The highest BCUT2D eigenvalue weighted by Gasteiger charge is 2.23. The molecule has 1 aromatic carbocycles. The van der Waals surface area contributed by atoms with E-state index in [4.69, 9.17) is 33.9 Å². The maximum atomic E-state index is 6.17. The van der Waals surface area contributed by atoms with Crippen LogP contribution in [0.4, 0.5) is 23.5 Å². The van der Waals surface area contributed by atoms with Crippen molar-refractivity contribution in [2.24, 2.45) is 5.73 Å². The molecule has 0 aliphatic carbocycles. The Morgan fingerprint density at radius 3 is 2.19 bits per heavy atom. The van der Waals surface area contributed by atoms with Gasteiger partial charge in [0.15, 0.2) is 0 Å². The zero-order valence-corrected chi connectivity index (χ0v) is 19.9. The first-order chi connectivity index (χ1) is 13.6. The van der Waals surface area contributed by atoms with Gasteiger partial charge in [-0.3, -0.25) is 0 Å². The van der Waals surface area contributed by atoms with Crippen molar-refractivity contribution in [1.29, 1.82) is 0 Å². The van der Waals surface area contributed by atoms with Gasteiger partial charge in [-0.15, -0.1) is 12.4 Å². The third-order valence-electron chi connectivity index (χ3n) is 5.17. The van der Waals surface area contributed by atoms with Crippen LogP contribution in [0.2, 0.25) is 10.0 Å². The molecule has 2 aliphatic rings. The van der Waals surface area contributed by atoms with Gasteiger partial charge in [0.1, 0.15) is 0 Å². The molecule has 12 heteroatoms. The summed E-state index contributed by atoms with van der Waals surface area (Å²) in [6, 6.07) is 5.53. The van der Waals surface area contributed by atoms with Gasteiger partial charge in [-0.1, -0.05) is 23.2 Å². The highest BCUT2D eigenvalue weighted by atomic mass is 35.5. The Morgan fingerprint density at radius 2 is 1.55 bits per heavy atom. The zero-order chi connectivity index (χ0) is 19.5. The fraction of sp³-hybridized carbons (Fsp3) is 0.526. The molecule has 1 atom stereocenters. The molecule has 3 heterocycles. The van der Waals surface area contributed by atoms with Gasteiger partial charge in [-0.05, 0) is 50.3 Å². The highest BCUT2D eigenvalue weighted by Crippen LogP contribution is 2.28. The molecule has 9 nitrogen and oxygen atoms in total. The molecule has 1 aromatic heterocycles. The topological polar surface area (TPSA) is 153 Å². The molecule has 2 aliphatic heterocycles. The smallest absolute Gasteiger partial charge is 0.233 e. The van der Waals surface area contributed by atoms with E-state index < -0.39 is 0 Å². The van der Waals surface area contributed by atoms with E-state index in [2.05, 4.69) is 25.1 Å². The summed E-state index contributed by atoms with van der Waals surface area (Å²) >= 11 is 12.2. The van der Waals surface area contributed by atoms with Crippen LogP contribution in [0, 0.1) is 0 Å². The zero-order valence-electron chi connectivity index (χ0n) is 17.6. The van der Waals surface area contributed by atoms with Crippen molar-refractivity contribution >= 4 is 59.1 Å². The average molecular weight is 497 g/mol. The predicted octanol–water partition coefficient (Wildman–Crippen LogP) is 5.08. The van der Waals surface area contributed by atoms with E-state index in [1.807, 2.05) is 6.07 Å². The summed E-state index contributed by atoms with van der Waals surface area (Å²) in [5.41, 5.74) is 6.95. The summed E-state index contributed by atoms with van der Waals surface area (Å²) in [5.74, 6) is 1.89. The minimum atomic E-state index is 0. The molecule has 4 rings (SSSR count). The van der Waals surface area contributed by atoms with E-state index in [-0.39, 0.29) is 33.6 Å². The second-order valence-corrected chi connectivity index (χ2v) is 8.22. The monoisotopic (exact) mass is 495 g/mol. The van der Waals surface area contributed by atoms with Crippen LogP contribution >= 0.6 is 35.6 Å². The van der Waals surface area contributed by atoms with Crippen molar-refractivity contribution in [3.63, 3.8) is 0 Å². The Balaban J connectivity index is 0. The van der Waals surface area contributed by atoms with Crippen LogP contribution < -0.4 is 33.2 Å². The van der Waals surface area contributed by atoms with Crippen LogP contribution in [0.3, 0.4) is 0 Å². The van der Waals surface area contributed by atoms with E-state index in [1.54, 1.807) is 12.1 Å². The van der Waals surface area contributed by atoms with Crippen molar-refractivity contribution < 1.29 is 2.85 Å². The van der Waals surface area contributed by atoms with Gasteiger partial charge in [0.2, 0.25) is 17.8 Å². The summed E-state index contributed by atoms with van der Waals surface area (Å²) in [7, 11) is 0. The predicted molar refractivity (Wildman–Crippen MR) is 137 cm³/mol. The second-order valence-electron chi connectivity index (χ2n) is 7.41. The molecule has 0 spiro atoms. The Morgan fingerprint density at radius 1 is 0.903 bits per heavy atom. The summed E-state index contributed by atoms with van der Waals surface area (Å²) in [5, 5.41) is 4.25. The first-order valence-electron chi connectivity index (χ1n) is 9.82. The molecule has 2 saturated heterocycles. The Labute approximate surface area is 202 Å². The van der Waals surface area contributed by atoms with Crippen molar-refractivity contribution in [3.05, 3.63) is 28.2 Å². The lowest BCUT2D eigenvalue weighted by Gasteiger charge is -2.32. The molecule has 2 aromatic rings. The second kappa shape index (κ2) is 12.4. The minimum Gasteiger partial charge on any atom is -0.344 e. The van der Waals surface area contributed by atoms with Crippen molar-refractivity contribution in [2.45, 2.75) is 38.1 Å². The van der Waals surface area contributed by atoms with Crippen molar-refractivity contribution in [3.8, 4) is 0 Å². The fourth-order valence-electron chi connectivity index (χ4n) is 3.68. The Kier molecular flexibility index (Phi) is 11.0. The third kappa shape index (κ3) is 6.93. The number of halogens is 3. The molecular formula is C19H36Cl3N9. The first kappa shape index (κ1) is 27.4. The molecule has 0 saturated carbocycles. The maximum absolute atomic E-state index is 6.17. The number of hydrogen-bond donors (Lipinski definition) is 4. The van der Waals surface area contributed by atoms with E-state index in [1.165, 1.54) is 6.42 Å². The normalized spacial score (nSPS) is 18.4. The fourth-order valence-corrected chi connectivity index (χ4v) is 3.98. The van der Waals surface area contributed by atoms with Crippen LogP contribution in [0.15, 0.2) is 18.2 Å². The molecule has 9 N–H and O–H groups in total. The van der Waals surface area contributed by atoms with Gasteiger partial charge in [0, 0.05) is 40.8 Å². The number of hydrogen-bond acceptors (Lipinski definition) is 9. The first-order valence-corrected chi connectivity index (χ1v) is 10.6. The number of rotatable bonds is 4. The number of piperidine rings is 2. The van der Waals surface area contributed by atoms with Crippen LogP contribution in [0.25, 0.3) is 0 Å². The summed E-state index contributed by atoms with van der Waals surface area (Å²) in [6.45, 7) is 3.60. The highest BCUT2D eigenvalue weighted by molar-refractivity contribution is 6.42. The standard InChI is InChI=1S/C19H25Cl2N7.ClH.2H3N.2H2/c20-15-7-6-14(11-16(15)21)23-17-24-18(27-8-2-1-3-9-27)26-19(25-17)28-10-4-5-13(22)12-28;;;;;/h6-7,11,13H,1-5,8-10,12,22H2,(H,23,24,25,26);1H;2*1H3;2*1H. The molecule has 178 valence electrons. The SMILES string of the molecule is Cl.N.N.NC1CCCN(c2nc(Nc3ccc(Cl)c(Cl)c3)nc(N3CCCCC3)n2)C1.[HH].[HH]. The van der Waals surface area contributed by atoms with Gasteiger partial charge in [0.05, 0.1) is 10.0 Å². The van der Waals surface area contributed by atoms with Gasteiger partial charge in [0.25, 0.3) is 0 Å². The van der Waals surface area contributed by atoms with Crippen LogP contribution in [0.1, 0.15) is 35.0 Å². The summed E-state index contributed by atoms with van der Waals surface area (Å²) < 4.78 is 0. The quantitative estimate of drug-likeness (QED) is 0.453. The lowest BCUT2D eigenvalue weighted by Crippen LogP contribution is -2.44. The van der Waals surface area contributed by atoms with Gasteiger partial charge in [-0.2, -0.15) is 15.0 Å². The molecule has 31 heavy (non-hydrogen) atoms. The van der Waals surface area contributed by atoms with Crippen molar-refractivity contribution in [2.75, 3.05) is 41.3 Å². The van der Waals surface area contributed by atoms with Crippen LogP contribution in [-0.2, 0) is 0 Å². The molecule has 0 radical (unpaired) electrons. The van der Waals surface area contributed by atoms with E-state index in [9.17, 15) is 0 Å². The number of nitrogens with one attached hydrogen (secondary N) is 1. The lowest BCUT2D eigenvalue weighted by atomic mass is 10.1.